The number of ether oxygens (including phenoxy) is 1. The van der Waals surface area contributed by atoms with Crippen LogP contribution < -0.4 is 10.6 Å². The molecule has 1 aliphatic carbocycles. The number of benzene rings is 2. The summed E-state index contributed by atoms with van der Waals surface area (Å²) in [6.07, 6.45) is 3.01. The smallest absolute Gasteiger partial charge is 0.196 e. The maximum absolute atomic E-state index is 13.4. The second kappa shape index (κ2) is 10.3. The van der Waals surface area contributed by atoms with Gasteiger partial charge in [-0.25, -0.2) is 0 Å². The van der Waals surface area contributed by atoms with Crippen molar-refractivity contribution in [3.05, 3.63) is 58.7 Å². The van der Waals surface area contributed by atoms with Gasteiger partial charge in [0.15, 0.2) is 11.6 Å². The number of β-amino-alcohol motifs (C(OH)–C–C–N with tert-alkyl or cyclic N) is 1. The Balaban J connectivity index is 1.59. The Kier molecular flexibility index (Phi) is 7.19. The van der Waals surface area contributed by atoms with Gasteiger partial charge in [0.2, 0.25) is 0 Å². The van der Waals surface area contributed by atoms with Crippen molar-refractivity contribution >= 4 is 22.9 Å². The number of ketones is 2. The summed E-state index contributed by atoms with van der Waals surface area (Å²) in [6.45, 7) is 5.60. The number of rotatable bonds is 9. The number of anilines is 2. The van der Waals surface area contributed by atoms with E-state index in [1.807, 2.05) is 6.92 Å². The van der Waals surface area contributed by atoms with Crippen molar-refractivity contribution in [2.75, 3.05) is 50.2 Å². The summed E-state index contributed by atoms with van der Waals surface area (Å²) in [7, 11) is 0. The SMILES string of the molecule is CCOCNc1ccc(NC[C@H](O)CN2CCCCC2)c2c1C(=O)c1ccccc1C2=O. The van der Waals surface area contributed by atoms with E-state index in [4.69, 9.17) is 4.74 Å². The molecule has 0 amide bonds. The molecule has 2 aromatic rings. The summed E-state index contributed by atoms with van der Waals surface area (Å²) >= 11 is 0. The van der Waals surface area contributed by atoms with Gasteiger partial charge in [0, 0.05) is 42.2 Å². The molecule has 3 N–H and O–H groups in total. The van der Waals surface area contributed by atoms with E-state index in [2.05, 4.69) is 15.5 Å². The quantitative estimate of drug-likeness (QED) is 0.350. The average Bonchev–Trinajstić information content (AvgIpc) is 2.82. The molecule has 1 fully saturated rings. The Morgan fingerprint density at radius 1 is 0.938 bits per heavy atom. The molecule has 170 valence electrons. The number of hydrogen-bond donors (Lipinski definition) is 3. The highest BCUT2D eigenvalue weighted by atomic mass is 16.5. The Labute approximate surface area is 188 Å². The number of likely N-dealkylation sites (tertiary alicyclic amines) is 1. The molecule has 1 heterocycles. The van der Waals surface area contributed by atoms with Gasteiger partial charge in [0.25, 0.3) is 0 Å². The molecule has 0 radical (unpaired) electrons. The molecule has 1 saturated heterocycles. The predicted molar refractivity (Wildman–Crippen MR) is 125 cm³/mol. The van der Waals surface area contributed by atoms with Crippen LogP contribution in [0.2, 0.25) is 0 Å². The van der Waals surface area contributed by atoms with E-state index >= 15 is 0 Å². The van der Waals surface area contributed by atoms with E-state index in [9.17, 15) is 14.7 Å². The fourth-order valence-electron chi connectivity index (χ4n) is 4.48. The molecule has 7 nitrogen and oxygen atoms in total. The van der Waals surface area contributed by atoms with Gasteiger partial charge in [-0.3, -0.25) is 9.59 Å². The lowest BCUT2D eigenvalue weighted by Crippen LogP contribution is -2.39. The zero-order valence-electron chi connectivity index (χ0n) is 18.5. The van der Waals surface area contributed by atoms with Crippen LogP contribution in [0.15, 0.2) is 36.4 Å². The molecule has 32 heavy (non-hydrogen) atoms. The monoisotopic (exact) mass is 437 g/mol. The summed E-state index contributed by atoms with van der Waals surface area (Å²) in [5, 5.41) is 16.9. The summed E-state index contributed by atoms with van der Waals surface area (Å²) in [5.74, 6) is -0.380. The molecule has 0 bridgehead atoms. The first-order valence-electron chi connectivity index (χ1n) is 11.4. The average molecular weight is 438 g/mol. The van der Waals surface area contributed by atoms with Crippen LogP contribution in [0.4, 0.5) is 11.4 Å². The molecular weight excluding hydrogens is 406 g/mol. The lowest BCUT2D eigenvalue weighted by Gasteiger charge is -2.29. The van der Waals surface area contributed by atoms with Gasteiger partial charge in [-0.1, -0.05) is 30.7 Å². The van der Waals surface area contributed by atoms with Crippen molar-refractivity contribution in [2.45, 2.75) is 32.3 Å². The lowest BCUT2D eigenvalue weighted by atomic mass is 9.82. The maximum Gasteiger partial charge on any atom is 0.196 e. The van der Waals surface area contributed by atoms with Gasteiger partial charge in [-0.15, -0.1) is 0 Å². The number of hydrogen-bond acceptors (Lipinski definition) is 7. The Hall–Kier alpha value is -2.74. The van der Waals surface area contributed by atoms with Gasteiger partial charge in [-0.2, -0.15) is 0 Å². The molecular formula is C25H31N3O4. The van der Waals surface area contributed by atoms with Gasteiger partial charge in [0.1, 0.15) is 6.73 Å². The molecule has 1 aliphatic heterocycles. The van der Waals surface area contributed by atoms with Crippen LogP contribution in [0.5, 0.6) is 0 Å². The first-order valence-corrected chi connectivity index (χ1v) is 11.4. The molecule has 2 aromatic carbocycles. The topological polar surface area (TPSA) is 90.9 Å². The fourth-order valence-corrected chi connectivity index (χ4v) is 4.48. The largest absolute Gasteiger partial charge is 0.390 e. The third-order valence-electron chi connectivity index (χ3n) is 6.09. The van der Waals surface area contributed by atoms with Gasteiger partial charge >= 0.3 is 0 Å². The van der Waals surface area contributed by atoms with Crippen LogP contribution in [-0.2, 0) is 4.74 Å². The number of carbonyl (C=O) groups excluding carboxylic acids is 2. The summed E-state index contributed by atoms with van der Waals surface area (Å²) < 4.78 is 5.38. The molecule has 0 spiro atoms. The third-order valence-corrected chi connectivity index (χ3v) is 6.09. The van der Waals surface area contributed by atoms with Crippen molar-refractivity contribution < 1.29 is 19.4 Å². The highest BCUT2D eigenvalue weighted by Crippen LogP contribution is 2.36. The summed E-state index contributed by atoms with van der Waals surface area (Å²) in [5.41, 5.74) is 2.65. The van der Waals surface area contributed by atoms with E-state index in [0.717, 1.165) is 13.1 Å². The van der Waals surface area contributed by atoms with Gasteiger partial charge < -0.3 is 25.4 Å². The first kappa shape index (κ1) is 22.5. The van der Waals surface area contributed by atoms with Crippen LogP contribution in [0, 0.1) is 0 Å². The van der Waals surface area contributed by atoms with E-state index in [0.29, 0.717) is 53.3 Å². The van der Waals surface area contributed by atoms with Crippen molar-refractivity contribution in [3.63, 3.8) is 0 Å². The highest BCUT2D eigenvalue weighted by molar-refractivity contribution is 6.31. The van der Waals surface area contributed by atoms with E-state index in [-0.39, 0.29) is 18.3 Å². The van der Waals surface area contributed by atoms with Crippen molar-refractivity contribution in [1.82, 2.24) is 4.90 Å². The minimum absolute atomic E-state index is 0.188. The molecule has 2 aliphatic rings. The zero-order chi connectivity index (χ0) is 22.5. The first-order chi connectivity index (χ1) is 15.6. The molecule has 0 saturated carbocycles. The van der Waals surface area contributed by atoms with Gasteiger partial charge in [-0.05, 0) is 45.0 Å². The minimum Gasteiger partial charge on any atom is -0.390 e. The molecule has 1 atom stereocenters. The summed E-state index contributed by atoms with van der Waals surface area (Å²) in [6, 6.07) is 10.5. The number of piperidine rings is 1. The third kappa shape index (κ3) is 4.70. The van der Waals surface area contributed by atoms with Gasteiger partial charge in [0.05, 0.1) is 17.2 Å². The molecule has 7 heteroatoms. The maximum atomic E-state index is 13.4. The van der Waals surface area contributed by atoms with E-state index in [1.165, 1.54) is 19.3 Å². The Bertz CT molecular complexity index is 985. The standard InChI is InChI=1S/C25H31N3O4/c1-2-32-16-27-21-11-10-20(26-14-17(29)15-28-12-6-3-7-13-28)22-23(21)25(31)19-9-5-4-8-18(19)24(22)30/h4-5,8-11,17,26-27,29H,2-3,6-7,12-16H2,1H3/t17-/m0/s1. The Morgan fingerprint density at radius 3 is 2.12 bits per heavy atom. The normalized spacial score (nSPS) is 16.9. The van der Waals surface area contributed by atoms with E-state index in [1.54, 1.807) is 36.4 Å². The zero-order valence-corrected chi connectivity index (χ0v) is 18.5. The molecule has 0 aromatic heterocycles. The van der Waals surface area contributed by atoms with Crippen molar-refractivity contribution in [1.29, 1.82) is 0 Å². The number of aliphatic hydroxyl groups is 1. The molecule has 4 rings (SSSR count). The minimum atomic E-state index is -0.568. The van der Waals surface area contributed by atoms with Crippen LogP contribution >= 0.6 is 0 Å². The second-order valence-electron chi connectivity index (χ2n) is 8.32. The number of fused-ring (bicyclic) bond motifs is 2. The number of aliphatic hydroxyl groups excluding tert-OH is 1. The number of nitrogens with zero attached hydrogens (tertiary/aromatic N) is 1. The number of carbonyl (C=O) groups is 2. The van der Waals surface area contributed by atoms with Crippen LogP contribution in [0.3, 0.4) is 0 Å². The van der Waals surface area contributed by atoms with Crippen LogP contribution in [-0.4, -0.2) is 67.2 Å². The van der Waals surface area contributed by atoms with Crippen LogP contribution in [0.25, 0.3) is 0 Å². The lowest BCUT2D eigenvalue weighted by molar-refractivity contribution is 0.0979. The fraction of sp³-hybridized carbons (Fsp3) is 0.440. The summed E-state index contributed by atoms with van der Waals surface area (Å²) in [4.78, 5) is 29.0. The van der Waals surface area contributed by atoms with E-state index < -0.39 is 6.10 Å². The predicted octanol–water partition coefficient (Wildman–Crippen LogP) is 3.13. The number of nitrogens with one attached hydrogen (secondary N) is 2. The highest BCUT2D eigenvalue weighted by Gasteiger charge is 2.34. The Morgan fingerprint density at radius 2 is 1.53 bits per heavy atom. The van der Waals surface area contributed by atoms with Crippen LogP contribution in [0.1, 0.15) is 58.0 Å². The second-order valence-corrected chi connectivity index (χ2v) is 8.32. The molecule has 0 unspecified atom stereocenters. The van der Waals surface area contributed by atoms with Crippen molar-refractivity contribution in [2.24, 2.45) is 0 Å². The van der Waals surface area contributed by atoms with Crippen molar-refractivity contribution in [3.8, 4) is 0 Å².